The molecule has 0 aliphatic rings. The Morgan fingerprint density at radius 1 is 1.11 bits per heavy atom. The SMILES string of the molecule is CCCCCNC(=O)C(C)NCCCNS(C)(=O)=O. The number of hydrogen-bond donors (Lipinski definition) is 3. The second kappa shape index (κ2) is 10.2. The van der Waals surface area contributed by atoms with Gasteiger partial charge in [0.1, 0.15) is 0 Å². The number of carbonyl (C=O) groups excluding carboxylic acids is 1. The van der Waals surface area contributed by atoms with Crippen LogP contribution in [-0.2, 0) is 14.8 Å². The van der Waals surface area contributed by atoms with Crippen molar-refractivity contribution < 1.29 is 13.2 Å². The second-order valence-electron chi connectivity index (χ2n) is 4.69. The molecule has 0 aromatic heterocycles. The quantitative estimate of drug-likeness (QED) is 0.475. The van der Waals surface area contributed by atoms with Crippen molar-refractivity contribution in [2.24, 2.45) is 0 Å². The molecule has 0 aliphatic heterocycles. The minimum absolute atomic E-state index is 0.00725. The molecule has 1 unspecified atom stereocenters. The Labute approximate surface area is 116 Å². The van der Waals surface area contributed by atoms with Gasteiger partial charge in [-0.3, -0.25) is 4.79 Å². The fraction of sp³-hybridized carbons (Fsp3) is 0.917. The molecule has 0 fully saturated rings. The Balaban J connectivity index is 3.56. The van der Waals surface area contributed by atoms with E-state index < -0.39 is 10.0 Å². The van der Waals surface area contributed by atoms with E-state index in [9.17, 15) is 13.2 Å². The maximum atomic E-state index is 11.6. The number of rotatable bonds is 11. The van der Waals surface area contributed by atoms with Gasteiger partial charge in [0.25, 0.3) is 0 Å². The normalized spacial score (nSPS) is 13.2. The lowest BCUT2D eigenvalue weighted by molar-refractivity contribution is -0.122. The topological polar surface area (TPSA) is 87.3 Å². The molecule has 0 saturated heterocycles. The first-order valence-electron chi connectivity index (χ1n) is 6.82. The standard InChI is InChI=1S/C12H27N3O3S/c1-4-5-6-8-14-12(16)11(2)13-9-7-10-15-19(3,17)18/h11,13,15H,4-10H2,1-3H3,(H,14,16). The van der Waals surface area contributed by atoms with Gasteiger partial charge >= 0.3 is 0 Å². The molecule has 0 rings (SSSR count). The van der Waals surface area contributed by atoms with Crippen molar-refractivity contribution in [3.05, 3.63) is 0 Å². The van der Waals surface area contributed by atoms with Gasteiger partial charge in [0.15, 0.2) is 0 Å². The van der Waals surface area contributed by atoms with Gasteiger partial charge in [0, 0.05) is 13.1 Å². The maximum absolute atomic E-state index is 11.6. The molecule has 1 atom stereocenters. The second-order valence-corrected chi connectivity index (χ2v) is 6.53. The molecular formula is C12H27N3O3S. The van der Waals surface area contributed by atoms with Crippen molar-refractivity contribution in [2.45, 2.75) is 45.6 Å². The number of amides is 1. The molecule has 0 radical (unpaired) electrons. The largest absolute Gasteiger partial charge is 0.355 e. The highest BCUT2D eigenvalue weighted by atomic mass is 32.2. The van der Waals surface area contributed by atoms with Gasteiger partial charge in [-0.05, 0) is 26.3 Å². The fourth-order valence-corrected chi connectivity index (χ4v) is 2.01. The van der Waals surface area contributed by atoms with E-state index in [0.717, 1.165) is 25.5 Å². The zero-order chi connectivity index (χ0) is 14.7. The summed E-state index contributed by atoms with van der Waals surface area (Å²) in [6.07, 6.45) is 5.05. The smallest absolute Gasteiger partial charge is 0.236 e. The zero-order valence-electron chi connectivity index (χ0n) is 12.2. The van der Waals surface area contributed by atoms with Crippen molar-refractivity contribution >= 4 is 15.9 Å². The van der Waals surface area contributed by atoms with Crippen LogP contribution in [0.25, 0.3) is 0 Å². The third-order valence-corrected chi connectivity index (χ3v) is 3.37. The zero-order valence-corrected chi connectivity index (χ0v) is 13.0. The van der Waals surface area contributed by atoms with Crippen LogP contribution < -0.4 is 15.4 Å². The van der Waals surface area contributed by atoms with Gasteiger partial charge < -0.3 is 10.6 Å². The van der Waals surface area contributed by atoms with Crippen LogP contribution >= 0.6 is 0 Å². The average molecular weight is 293 g/mol. The predicted molar refractivity (Wildman–Crippen MR) is 77.5 cm³/mol. The molecule has 19 heavy (non-hydrogen) atoms. The fourth-order valence-electron chi connectivity index (χ4n) is 1.50. The highest BCUT2D eigenvalue weighted by Gasteiger charge is 2.10. The third-order valence-electron chi connectivity index (χ3n) is 2.64. The van der Waals surface area contributed by atoms with Crippen molar-refractivity contribution in [3.8, 4) is 0 Å². The van der Waals surface area contributed by atoms with Crippen molar-refractivity contribution in [3.63, 3.8) is 0 Å². The predicted octanol–water partition coefficient (Wildman–Crippen LogP) is 0.210. The maximum Gasteiger partial charge on any atom is 0.236 e. The number of hydrogen-bond acceptors (Lipinski definition) is 4. The average Bonchev–Trinajstić information content (AvgIpc) is 2.32. The molecule has 0 aromatic carbocycles. The first kappa shape index (κ1) is 18.3. The van der Waals surface area contributed by atoms with Crippen LogP contribution in [0.2, 0.25) is 0 Å². The molecule has 0 heterocycles. The van der Waals surface area contributed by atoms with Gasteiger partial charge in [-0.2, -0.15) is 0 Å². The highest BCUT2D eigenvalue weighted by Crippen LogP contribution is 1.92. The molecule has 0 spiro atoms. The lowest BCUT2D eigenvalue weighted by Gasteiger charge is -2.14. The van der Waals surface area contributed by atoms with Gasteiger partial charge in [-0.1, -0.05) is 19.8 Å². The van der Waals surface area contributed by atoms with E-state index in [4.69, 9.17) is 0 Å². The Hall–Kier alpha value is -0.660. The molecule has 7 heteroatoms. The van der Waals surface area contributed by atoms with E-state index in [-0.39, 0.29) is 11.9 Å². The summed E-state index contributed by atoms with van der Waals surface area (Å²) in [6.45, 7) is 5.63. The van der Waals surface area contributed by atoms with Crippen LogP contribution in [0, 0.1) is 0 Å². The summed E-state index contributed by atoms with van der Waals surface area (Å²) >= 11 is 0. The van der Waals surface area contributed by atoms with Crippen molar-refractivity contribution in [1.29, 1.82) is 0 Å². The summed E-state index contributed by atoms with van der Waals surface area (Å²) in [6, 6.07) is -0.250. The first-order chi connectivity index (χ1) is 8.87. The minimum atomic E-state index is -3.12. The molecule has 3 N–H and O–H groups in total. The Morgan fingerprint density at radius 3 is 2.37 bits per heavy atom. The Kier molecular flexibility index (Phi) is 9.81. The first-order valence-corrected chi connectivity index (χ1v) is 8.71. The van der Waals surface area contributed by atoms with Gasteiger partial charge in [0.2, 0.25) is 15.9 Å². The van der Waals surface area contributed by atoms with Crippen LogP contribution in [0.4, 0.5) is 0 Å². The molecular weight excluding hydrogens is 266 g/mol. The van der Waals surface area contributed by atoms with E-state index in [2.05, 4.69) is 22.3 Å². The van der Waals surface area contributed by atoms with Gasteiger partial charge in [-0.15, -0.1) is 0 Å². The van der Waals surface area contributed by atoms with E-state index >= 15 is 0 Å². The molecule has 0 bridgehead atoms. The Bertz CT molecular complexity index is 344. The molecule has 0 saturated carbocycles. The van der Waals surface area contributed by atoms with Crippen LogP contribution in [-0.4, -0.2) is 46.3 Å². The number of nitrogens with one attached hydrogen (secondary N) is 3. The summed E-state index contributed by atoms with van der Waals surface area (Å²) in [4.78, 5) is 11.6. The Morgan fingerprint density at radius 2 is 1.79 bits per heavy atom. The lowest BCUT2D eigenvalue weighted by Crippen LogP contribution is -2.43. The molecule has 1 amide bonds. The van der Waals surface area contributed by atoms with Crippen LogP contribution in [0.3, 0.4) is 0 Å². The van der Waals surface area contributed by atoms with Crippen LogP contribution in [0.5, 0.6) is 0 Å². The van der Waals surface area contributed by atoms with Crippen molar-refractivity contribution in [2.75, 3.05) is 25.9 Å². The van der Waals surface area contributed by atoms with Gasteiger partial charge in [-0.25, -0.2) is 13.1 Å². The summed E-state index contributed by atoms with van der Waals surface area (Å²) < 4.78 is 24.0. The number of carbonyl (C=O) groups is 1. The van der Waals surface area contributed by atoms with E-state index in [1.165, 1.54) is 0 Å². The summed E-state index contributed by atoms with van der Waals surface area (Å²) in [5.41, 5.74) is 0. The van der Waals surface area contributed by atoms with Gasteiger partial charge in [0.05, 0.1) is 12.3 Å². The highest BCUT2D eigenvalue weighted by molar-refractivity contribution is 7.88. The molecule has 0 aromatic rings. The summed E-state index contributed by atoms with van der Waals surface area (Å²) in [5, 5.41) is 5.93. The number of sulfonamides is 1. The molecule has 114 valence electrons. The molecule has 6 nitrogen and oxygen atoms in total. The minimum Gasteiger partial charge on any atom is -0.355 e. The van der Waals surface area contributed by atoms with E-state index in [1.807, 2.05) is 0 Å². The van der Waals surface area contributed by atoms with E-state index in [0.29, 0.717) is 26.1 Å². The van der Waals surface area contributed by atoms with Crippen LogP contribution in [0.1, 0.15) is 39.5 Å². The van der Waals surface area contributed by atoms with Crippen molar-refractivity contribution in [1.82, 2.24) is 15.4 Å². The van der Waals surface area contributed by atoms with Crippen LogP contribution in [0.15, 0.2) is 0 Å². The number of unbranched alkanes of at least 4 members (excludes halogenated alkanes) is 2. The third kappa shape index (κ3) is 12.1. The lowest BCUT2D eigenvalue weighted by atomic mass is 10.2. The monoisotopic (exact) mass is 293 g/mol. The molecule has 0 aliphatic carbocycles. The summed E-state index contributed by atoms with van der Waals surface area (Å²) in [5.74, 6) is -0.00725. The van der Waals surface area contributed by atoms with E-state index in [1.54, 1.807) is 6.92 Å². The summed E-state index contributed by atoms with van der Waals surface area (Å²) in [7, 11) is -3.12.